The number of anilines is 1. The third kappa shape index (κ3) is 2.13. The lowest BCUT2D eigenvalue weighted by atomic mass is 10.2. The molecular weight excluding hydrogens is 306 g/mol. The predicted octanol–water partition coefficient (Wildman–Crippen LogP) is 2.33. The van der Waals surface area contributed by atoms with E-state index in [0.29, 0.717) is 48.8 Å². The van der Waals surface area contributed by atoms with Crippen LogP contribution in [0.5, 0.6) is 11.6 Å². The van der Waals surface area contributed by atoms with Crippen molar-refractivity contribution in [3.8, 4) is 11.6 Å². The standard InChI is InChI=1S/C18H17N3O3/c22-18(21-8-7-11-3-1-2-4-13(11)21)14-15-17(24-10-9-23-15)20-16(19-14)12-5-6-12/h1-4,12H,5-10H2. The van der Waals surface area contributed by atoms with Crippen molar-refractivity contribution >= 4 is 11.6 Å². The number of carbonyl (C=O) groups excluding carboxylic acids is 1. The van der Waals surface area contributed by atoms with E-state index in [1.807, 2.05) is 18.2 Å². The van der Waals surface area contributed by atoms with E-state index in [4.69, 9.17) is 9.47 Å². The number of hydrogen-bond donors (Lipinski definition) is 0. The zero-order valence-electron chi connectivity index (χ0n) is 13.2. The number of ether oxygens (including phenoxy) is 2. The summed E-state index contributed by atoms with van der Waals surface area (Å²) in [5, 5.41) is 0. The summed E-state index contributed by atoms with van der Waals surface area (Å²) in [5.41, 5.74) is 2.48. The van der Waals surface area contributed by atoms with Crippen LogP contribution in [0.15, 0.2) is 24.3 Å². The molecule has 1 amide bonds. The first-order valence-corrected chi connectivity index (χ1v) is 8.38. The molecule has 0 saturated heterocycles. The first kappa shape index (κ1) is 13.8. The van der Waals surface area contributed by atoms with E-state index >= 15 is 0 Å². The SMILES string of the molecule is O=C(c1nc(C2CC2)nc2c1OCCO2)N1CCc2ccccc21. The monoisotopic (exact) mass is 323 g/mol. The first-order chi connectivity index (χ1) is 11.8. The summed E-state index contributed by atoms with van der Waals surface area (Å²) in [4.78, 5) is 24.0. The second-order valence-corrected chi connectivity index (χ2v) is 6.37. The topological polar surface area (TPSA) is 64.5 Å². The molecule has 122 valence electrons. The molecule has 3 aliphatic rings. The van der Waals surface area contributed by atoms with Gasteiger partial charge < -0.3 is 14.4 Å². The van der Waals surface area contributed by atoms with Gasteiger partial charge in [-0.1, -0.05) is 18.2 Å². The Hall–Kier alpha value is -2.63. The van der Waals surface area contributed by atoms with Crippen LogP contribution in [-0.2, 0) is 6.42 Å². The molecule has 5 rings (SSSR count). The number of carbonyl (C=O) groups is 1. The Morgan fingerprint density at radius 2 is 1.96 bits per heavy atom. The number of hydrogen-bond acceptors (Lipinski definition) is 5. The van der Waals surface area contributed by atoms with Crippen LogP contribution in [0.4, 0.5) is 5.69 Å². The number of nitrogens with zero attached hydrogens (tertiary/aromatic N) is 3. The van der Waals surface area contributed by atoms with Gasteiger partial charge in [0.1, 0.15) is 19.0 Å². The van der Waals surface area contributed by atoms with Crippen LogP contribution in [0, 0.1) is 0 Å². The van der Waals surface area contributed by atoms with Gasteiger partial charge in [0.05, 0.1) is 0 Å². The molecule has 24 heavy (non-hydrogen) atoms. The maximum atomic E-state index is 13.2. The lowest BCUT2D eigenvalue weighted by Gasteiger charge is -2.23. The number of fused-ring (bicyclic) bond motifs is 2. The number of aromatic nitrogens is 2. The van der Waals surface area contributed by atoms with Crippen molar-refractivity contribution in [1.82, 2.24) is 9.97 Å². The van der Waals surface area contributed by atoms with Crippen LogP contribution in [0.1, 0.15) is 40.6 Å². The van der Waals surface area contributed by atoms with Gasteiger partial charge in [0, 0.05) is 18.2 Å². The lowest BCUT2D eigenvalue weighted by molar-refractivity contribution is 0.0969. The van der Waals surface area contributed by atoms with E-state index in [9.17, 15) is 4.79 Å². The molecule has 1 aromatic carbocycles. The summed E-state index contributed by atoms with van der Waals surface area (Å²) in [6.45, 7) is 1.53. The van der Waals surface area contributed by atoms with Gasteiger partial charge in [0.25, 0.3) is 11.8 Å². The van der Waals surface area contributed by atoms with Gasteiger partial charge in [0.15, 0.2) is 5.69 Å². The van der Waals surface area contributed by atoms with Crippen LogP contribution < -0.4 is 14.4 Å². The Balaban J connectivity index is 1.58. The fraction of sp³-hybridized carbons (Fsp3) is 0.389. The van der Waals surface area contributed by atoms with Crippen molar-refractivity contribution in [3.63, 3.8) is 0 Å². The second-order valence-electron chi connectivity index (χ2n) is 6.37. The normalized spacial score (nSPS) is 18.4. The van der Waals surface area contributed by atoms with Gasteiger partial charge >= 0.3 is 0 Å². The average molecular weight is 323 g/mol. The predicted molar refractivity (Wildman–Crippen MR) is 86.8 cm³/mol. The van der Waals surface area contributed by atoms with Crippen molar-refractivity contribution in [2.75, 3.05) is 24.7 Å². The van der Waals surface area contributed by atoms with E-state index in [2.05, 4.69) is 16.0 Å². The van der Waals surface area contributed by atoms with Crippen LogP contribution >= 0.6 is 0 Å². The van der Waals surface area contributed by atoms with Crippen molar-refractivity contribution in [2.24, 2.45) is 0 Å². The highest BCUT2D eigenvalue weighted by atomic mass is 16.6. The van der Waals surface area contributed by atoms with Crippen LogP contribution in [0.2, 0.25) is 0 Å². The molecule has 6 nitrogen and oxygen atoms in total. The Morgan fingerprint density at radius 1 is 1.12 bits per heavy atom. The first-order valence-electron chi connectivity index (χ1n) is 8.38. The molecule has 0 unspecified atom stereocenters. The molecular formula is C18H17N3O3. The third-order valence-corrected chi connectivity index (χ3v) is 4.70. The molecule has 2 aromatic rings. The van der Waals surface area contributed by atoms with Crippen LogP contribution in [0.3, 0.4) is 0 Å². The summed E-state index contributed by atoms with van der Waals surface area (Å²) >= 11 is 0. The van der Waals surface area contributed by atoms with E-state index in [-0.39, 0.29) is 5.91 Å². The summed E-state index contributed by atoms with van der Waals surface area (Å²) in [7, 11) is 0. The molecule has 6 heteroatoms. The van der Waals surface area contributed by atoms with Crippen molar-refractivity contribution in [3.05, 3.63) is 41.3 Å². The van der Waals surface area contributed by atoms with Crippen molar-refractivity contribution in [1.29, 1.82) is 0 Å². The number of rotatable bonds is 2. The molecule has 0 spiro atoms. The highest BCUT2D eigenvalue weighted by Crippen LogP contribution is 2.42. The van der Waals surface area contributed by atoms with Gasteiger partial charge in [-0.05, 0) is 30.9 Å². The van der Waals surface area contributed by atoms with E-state index in [1.165, 1.54) is 5.56 Å². The Bertz CT molecular complexity index is 832. The molecule has 0 N–H and O–H groups in total. The maximum absolute atomic E-state index is 13.2. The lowest BCUT2D eigenvalue weighted by Crippen LogP contribution is -2.31. The minimum Gasteiger partial charge on any atom is -0.483 e. The highest BCUT2D eigenvalue weighted by molar-refractivity contribution is 6.08. The molecule has 0 radical (unpaired) electrons. The zero-order chi connectivity index (χ0) is 16.1. The molecule has 1 fully saturated rings. The molecule has 0 bridgehead atoms. The fourth-order valence-electron chi connectivity index (χ4n) is 3.30. The van der Waals surface area contributed by atoms with E-state index in [1.54, 1.807) is 4.90 Å². The summed E-state index contributed by atoms with van der Waals surface area (Å²) < 4.78 is 11.3. The highest BCUT2D eigenvalue weighted by Gasteiger charge is 2.35. The fourth-order valence-corrected chi connectivity index (χ4v) is 3.30. The van der Waals surface area contributed by atoms with E-state index < -0.39 is 0 Å². The number of para-hydroxylation sites is 1. The molecule has 0 atom stereocenters. The van der Waals surface area contributed by atoms with Gasteiger partial charge in [0.2, 0.25) is 5.75 Å². The molecule has 1 saturated carbocycles. The van der Waals surface area contributed by atoms with Gasteiger partial charge in [-0.15, -0.1) is 0 Å². The summed E-state index contributed by atoms with van der Waals surface area (Å²) in [5.74, 6) is 1.72. The molecule has 3 heterocycles. The molecule has 1 aromatic heterocycles. The van der Waals surface area contributed by atoms with Gasteiger partial charge in [-0.25, -0.2) is 4.98 Å². The molecule has 1 aliphatic carbocycles. The Morgan fingerprint density at radius 3 is 2.83 bits per heavy atom. The Kier molecular flexibility index (Phi) is 2.98. The minimum atomic E-state index is -0.133. The number of amides is 1. The smallest absolute Gasteiger partial charge is 0.281 e. The quantitative estimate of drug-likeness (QED) is 0.849. The van der Waals surface area contributed by atoms with Gasteiger partial charge in [-0.3, -0.25) is 4.79 Å². The van der Waals surface area contributed by atoms with E-state index in [0.717, 1.165) is 24.9 Å². The van der Waals surface area contributed by atoms with Crippen molar-refractivity contribution in [2.45, 2.75) is 25.2 Å². The maximum Gasteiger partial charge on any atom is 0.281 e. The average Bonchev–Trinajstić information content (AvgIpc) is 3.39. The van der Waals surface area contributed by atoms with Crippen LogP contribution in [-0.4, -0.2) is 35.6 Å². The molecule has 2 aliphatic heterocycles. The minimum absolute atomic E-state index is 0.133. The summed E-state index contributed by atoms with van der Waals surface area (Å²) in [6.07, 6.45) is 3.00. The summed E-state index contributed by atoms with van der Waals surface area (Å²) in [6, 6.07) is 8.00. The zero-order valence-corrected chi connectivity index (χ0v) is 13.2. The second kappa shape index (κ2) is 5.19. The third-order valence-electron chi connectivity index (χ3n) is 4.70. The largest absolute Gasteiger partial charge is 0.483 e. The van der Waals surface area contributed by atoms with Crippen LogP contribution in [0.25, 0.3) is 0 Å². The Labute approximate surface area is 139 Å². The van der Waals surface area contributed by atoms with Crippen molar-refractivity contribution < 1.29 is 14.3 Å². The van der Waals surface area contributed by atoms with Gasteiger partial charge in [-0.2, -0.15) is 4.98 Å². The number of benzene rings is 1.